The SMILES string of the molecule is CSCC(C)Nc1ncnc2c1cnn2C. The highest BCUT2D eigenvalue weighted by Crippen LogP contribution is 2.18. The number of aryl methyl sites for hydroxylation is 1. The van der Waals surface area contributed by atoms with E-state index >= 15 is 0 Å². The highest BCUT2D eigenvalue weighted by molar-refractivity contribution is 7.98. The summed E-state index contributed by atoms with van der Waals surface area (Å²) in [5.74, 6) is 1.91. The Bertz CT molecular complexity index is 481. The molecule has 0 radical (unpaired) electrons. The van der Waals surface area contributed by atoms with Crippen molar-refractivity contribution in [3.05, 3.63) is 12.5 Å². The zero-order valence-electron chi connectivity index (χ0n) is 9.64. The summed E-state index contributed by atoms with van der Waals surface area (Å²) in [5.41, 5.74) is 0.855. The Morgan fingerprint density at radius 1 is 1.50 bits per heavy atom. The molecule has 1 atom stereocenters. The molecule has 2 aromatic rings. The van der Waals surface area contributed by atoms with Crippen molar-refractivity contribution >= 4 is 28.6 Å². The third kappa shape index (κ3) is 2.11. The Hall–Kier alpha value is -1.30. The Morgan fingerprint density at radius 2 is 2.31 bits per heavy atom. The lowest BCUT2D eigenvalue weighted by Crippen LogP contribution is -2.18. The van der Waals surface area contributed by atoms with Gasteiger partial charge in [0.25, 0.3) is 0 Å². The first-order valence-corrected chi connectivity index (χ1v) is 6.50. The molecule has 1 unspecified atom stereocenters. The van der Waals surface area contributed by atoms with Crippen molar-refractivity contribution in [1.29, 1.82) is 0 Å². The number of hydrogen-bond donors (Lipinski definition) is 1. The van der Waals surface area contributed by atoms with Crippen molar-refractivity contribution in [3.8, 4) is 0 Å². The monoisotopic (exact) mass is 237 g/mol. The van der Waals surface area contributed by atoms with Crippen molar-refractivity contribution < 1.29 is 0 Å². The number of thioether (sulfide) groups is 1. The van der Waals surface area contributed by atoms with Gasteiger partial charge in [0, 0.05) is 18.8 Å². The molecular weight excluding hydrogens is 222 g/mol. The third-order valence-electron chi connectivity index (χ3n) is 2.33. The highest BCUT2D eigenvalue weighted by atomic mass is 32.2. The van der Waals surface area contributed by atoms with E-state index in [-0.39, 0.29) is 0 Å². The van der Waals surface area contributed by atoms with Crippen LogP contribution in [-0.4, -0.2) is 37.8 Å². The molecule has 16 heavy (non-hydrogen) atoms. The molecule has 0 spiro atoms. The topological polar surface area (TPSA) is 55.6 Å². The van der Waals surface area contributed by atoms with Crippen LogP contribution in [0.25, 0.3) is 11.0 Å². The van der Waals surface area contributed by atoms with Gasteiger partial charge in [-0.15, -0.1) is 0 Å². The first kappa shape index (κ1) is 11.2. The van der Waals surface area contributed by atoms with Gasteiger partial charge in [-0.25, -0.2) is 9.97 Å². The molecule has 0 bridgehead atoms. The number of nitrogens with one attached hydrogen (secondary N) is 1. The molecule has 0 aliphatic carbocycles. The molecule has 0 aromatic carbocycles. The van der Waals surface area contributed by atoms with Crippen LogP contribution >= 0.6 is 11.8 Å². The minimum atomic E-state index is 0.383. The largest absolute Gasteiger partial charge is 0.366 e. The van der Waals surface area contributed by atoms with E-state index in [1.165, 1.54) is 0 Å². The van der Waals surface area contributed by atoms with Gasteiger partial charge in [0.1, 0.15) is 12.1 Å². The maximum absolute atomic E-state index is 4.26. The molecule has 0 saturated heterocycles. The predicted octanol–water partition coefficient (Wildman–Crippen LogP) is 1.53. The average Bonchev–Trinajstić information content (AvgIpc) is 2.62. The van der Waals surface area contributed by atoms with Gasteiger partial charge in [-0.2, -0.15) is 16.9 Å². The van der Waals surface area contributed by atoms with Gasteiger partial charge in [0.2, 0.25) is 0 Å². The number of rotatable bonds is 4. The van der Waals surface area contributed by atoms with Crippen molar-refractivity contribution in [1.82, 2.24) is 19.7 Å². The molecule has 0 amide bonds. The quantitative estimate of drug-likeness (QED) is 0.874. The lowest BCUT2D eigenvalue weighted by atomic mass is 10.3. The van der Waals surface area contributed by atoms with E-state index in [0.29, 0.717) is 6.04 Å². The van der Waals surface area contributed by atoms with Crippen LogP contribution in [-0.2, 0) is 7.05 Å². The maximum Gasteiger partial charge on any atom is 0.163 e. The van der Waals surface area contributed by atoms with Crippen LogP contribution < -0.4 is 5.32 Å². The lowest BCUT2D eigenvalue weighted by Gasteiger charge is -2.13. The van der Waals surface area contributed by atoms with Crippen molar-refractivity contribution in [2.45, 2.75) is 13.0 Å². The summed E-state index contributed by atoms with van der Waals surface area (Å²) in [7, 11) is 1.88. The zero-order chi connectivity index (χ0) is 11.5. The van der Waals surface area contributed by atoms with Crippen LogP contribution in [0.15, 0.2) is 12.5 Å². The number of anilines is 1. The Kier molecular flexibility index (Phi) is 3.28. The lowest BCUT2D eigenvalue weighted by molar-refractivity contribution is 0.785. The number of nitrogens with zero attached hydrogens (tertiary/aromatic N) is 4. The minimum absolute atomic E-state index is 0.383. The second kappa shape index (κ2) is 4.69. The second-order valence-corrected chi connectivity index (χ2v) is 4.64. The molecule has 0 aliphatic heterocycles. The molecule has 2 heterocycles. The summed E-state index contributed by atoms with van der Waals surface area (Å²) in [6, 6.07) is 0.383. The summed E-state index contributed by atoms with van der Waals surface area (Å²) in [6.07, 6.45) is 5.46. The van der Waals surface area contributed by atoms with Gasteiger partial charge in [0.05, 0.1) is 11.6 Å². The molecule has 2 rings (SSSR count). The van der Waals surface area contributed by atoms with E-state index in [2.05, 4.69) is 33.6 Å². The molecule has 86 valence electrons. The van der Waals surface area contributed by atoms with E-state index in [1.807, 2.05) is 18.8 Å². The van der Waals surface area contributed by atoms with Gasteiger partial charge in [-0.3, -0.25) is 4.68 Å². The van der Waals surface area contributed by atoms with Gasteiger partial charge in [-0.05, 0) is 13.2 Å². The molecular formula is C10H15N5S. The van der Waals surface area contributed by atoms with Crippen LogP contribution in [0, 0.1) is 0 Å². The molecule has 0 fully saturated rings. The second-order valence-electron chi connectivity index (χ2n) is 3.73. The first-order chi connectivity index (χ1) is 7.72. The number of fused-ring (bicyclic) bond motifs is 1. The van der Waals surface area contributed by atoms with E-state index in [1.54, 1.807) is 17.2 Å². The molecule has 5 nitrogen and oxygen atoms in total. The van der Waals surface area contributed by atoms with Crippen molar-refractivity contribution in [2.24, 2.45) is 7.05 Å². The van der Waals surface area contributed by atoms with Crippen LogP contribution in [0.2, 0.25) is 0 Å². The Balaban J connectivity index is 2.30. The molecule has 1 N–H and O–H groups in total. The normalized spacial score (nSPS) is 12.9. The van der Waals surface area contributed by atoms with E-state index in [0.717, 1.165) is 22.6 Å². The van der Waals surface area contributed by atoms with Gasteiger partial charge in [0.15, 0.2) is 5.65 Å². The molecule has 2 aromatic heterocycles. The zero-order valence-corrected chi connectivity index (χ0v) is 10.5. The fraction of sp³-hybridized carbons (Fsp3) is 0.500. The van der Waals surface area contributed by atoms with Crippen LogP contribution in [0.5, 0.6) is 0 Å². The van der Waals surface area contributed by atoms with Gasteiger partial charge >= 0.3 is 0 Å². The highest BCUT2D eigenvalue weighted by Gasteiger charge is 2.09. The van der Waals surface area contributed by atoms with E-state index in [9.17, 15) is 0 Å². The van der Waals surface area contributed by atoms with Crippen LogP contribution in [0.1, 0.15) is 6.92 Å². The molecule has 0 saturated carbocycles. The average molecular weight is 237 g/mol. The summed E-state index contributed by atoms with van der Waals surface area (Å²) >= 11 is 1.81. The summed E-state index contributed by atoms with van der Waals surface area (Å²) in [4.78, 5) is 8.46. The summed E-state index contributed by atoms with van der Waals surface area (Å²) in [5, 5.41) is 8.52. The molecule has 6 heteroatoms. The molecule has 0 aliphatic rings. The maximum atomic E-state index is 4.26. The fourth-order valence-corrected chi connectivity index (χ4v) is 2.19. The van der Waals surface area contributed by atoms with Gasteiger partial charge < -0.3 is 5.32 Å². The smallest absolute Gasteiger partial charge is 0.163 e. The summed E-state index contributed by atoms with van der Waals surface area (Å²) < 4.78 is 1.75. The van der Waals surface area contributed by atoms with Gasteiger partial charge in [-0.1, -0.05) is 0 Å². The predicted molar refractivity (Wildman–Crippen MR) is 67.8 cm³/mol. The number of hydrogen-bond acceptors (Lipinski definition) is 5. The third-order valence-corrected chi connectivity index (χ3v) is 3.16. The Morgan fingerprint density at radius 3 is 3.06 bits per heavy atom. The first-order valence-electron chi connectivity index (χ1n) is 5.10. The summed E-state index contributed by atoms with van der Waals surface area (Å²) in [6.45, 7) is 2.14. The standard InChI is InChI=1S/C10H15N5S/c1-7(5-16-3)14-9-8-4-13-15(2)10(8)12-6-11-9/h4,6-7H,5H2,1-3H3,(H,11,12,14). The Labute approximate surface area is 98.7 Å². The fourth-order valence-electron chi connectivity index (χ4n) is 1.60. The van der Waals surface area contributed by atoms with Crippen LogP contribution in [0.4, 0.5) is 5.82 Å². The van der Waals surface area contributed by atoms with E-state index in [4.69, 9.17) is 0 Å². The number of aromatic nitrogens is 4. The van der Waals surface area contributed by atoms with E-state index < -0.39 is 0 Å². The van der Waals surface area contributed by atoms with Crippen LogP contribution in [0.3, 0.4) is 0 Å². The van der Waals surface area contributed by atoms with Crippen molar-refractivity contribution in [3.63, 3.8) is 0 Å². The van der Waals surface area contributed by atoms with Crippen molar-refractivity contribution in [2.75, 3.05) is 17.3 Å². The minimum Gasteiger partial charge on any atom is -0.366 e.